The molecular formula is C17H21N3O7. The lowest BCUT2D eigenvalue weighted by molar-refractivity contribution is -0.384. The molecule has 1 aromatic carbocycles. The average Bonchev–Trinajstić information content (AvgIpc) is 2.61. The van der Waals surface area contributed by atoms with Crippen molar-refractivity contribution in [1.29, 1.82) is 0 Å². The molecule has 2 amide bonds. The zero-order valence-corrected chi connectivity index (χ0v) is 15.3. The summed E-state index contributed by atoms with van der Waals surface area (Å²) in [7, 11) is 0. The third-order valence-corrected chi connectivity index (χ3v) is 3.75. The van der Waals surface area contributed by atoms with Crippen LogP contribution in [0, 0.1) is 16.0 Å². The Morgan fingerprint density at radius 1 is 1.37 bits per heavy atom. The predicted molar refractivity (Wildman–Crippen MR) is 94.3 cm³/mol. The first-order valence-electron chi connectivity index (χ1n) is 8.37. The van der Waals surface area contributed by atoms with Gasteiger partial charge in [0.1, 0.15) is 12.3 Å². The van der Waals surface area contributed by atoms with E-state index in [-0.39, 0.29) is 29.6 Å². The van der Waals surface area contributed by atoms with Crippen LogP contribution in [0.4, 0.5) is 11.4 Å². The standard InChI is InChI=1S/C17H21N3O7/c1-10(2)7-18-17(23)11(3)27-16(22)8-19-13-6-12(20(24)25)4-5-14(13)26-9-15(19)21/h4-6,10-11H,7-9H2,1-3H3,(H,18,23)/t11-/m0/s1. The maximum atomic E-state index is 12.2. The van der Waals surface area contributed by atoms with Crippen molar-refractivity contribution >= 4 is 29.2 Å². The van der Waals surface area contributed by atoms with Gasteiger partial charge in [0.25, 0.3) is 17.5 Å². The van der Waals surface area contributed by atoms with Crippen LogP contribution < -0.4 is 15.0 Å². The fraction of sp³-hybridized carbons (Fsp3) is 0.471. The highest BCUT2D eigenvalue weighted by Gasteiger charge is 2.30. The first-order valence-corrected chi connectivity index (χ1v) is 8.37. The van der Waals surface area contributed by atoms with Crippen molar-refractivity contribution < 1.29 is 28.8 Å². The highest BCUT2D eigenvalue weighted by atomic mass is 16.6. The number of nitrogens with one attached hydrogen (secondary N) is 1. The molecule has 0 saturated carbocycles. The molecule has 0 saturated heterocycles. The summed E-state index contributed by atoms with van der Waals surface area (Å²) in [5, 5.41) is 13.6. The minimum Gasteiger partial charge on any atom is -0.482 e. The summed E-state index contributed by atoms with van der Waals surface area (Å²) in [5.41, 5.74) is -0.138. The van der Waals surface area contributed by atoms with Gasteiger partial charge in [0.05, 0.1) is 10.6 Å². The van der Waals surface area contributed by atoms with Gasteiger partial charge in [-0.15, -0.1) is 0 Å². The number of rotatable bonds is 7. The lowest BCUT2D eigenvalue weighted by Crippen LogP contribution is -2.44. The largest absolute Gasteiger partial charge is 0.482 e. The molecule has 0 spiro atoms. The molecule has 0 aliphatic carbocycles. The molecule has 1 heterocycles. The normalized spacial score (nSPS) is 14.2. The molecule has 10 heteroatoms. The second-order valence-corrected chi connectivity index (χ2v) is 6.45. The molecule has 1 aliphatic rings. The lowest BCUT2D eigenvalue weighted by atomic mass is 10.2. The van der Waals surface area contributed by atoms with Gasteiger partial charge in [0, 0.05) is 18.7 Å². The number of hydrogen-bond donors (Lipinski definition) is 1. The molecule has 1 aliphatic heterocycles. The van der Waals surface area contributed by atoms with Crippen LogP contribution in [0.25, 0.3) is 0 Å². The number of fused-ring (bicyclic) bond motifs is 1. The Kier molecular flexibility index (Phi) is 6.32. The molecular weight excluding hydrogens is 358 g/mol. The highest BCUT2D eigenvalue weighted by Crippen LogP contribution is 2.35. The summed E-state index contributed by atoms with van der Waals surface area (Å²) < 4.78 is 10.3. The molecule has 1 atom stereocenters. The number of nitro benzene ring substituents is 1. The number of non-ortho nitro benzene ring substituents is 1. The Balaban J connectivity index is 2.07. The van der Waals surface area contributed by atoms with Gasteiger partial charge in [-0.1, -0.05) is 13.8 Å². The molecule has 10 nitrogen and oxygen atoms in total. The Labute approximate surface area is 155 Å². The quantitative estimate of drug-likeness (QED) is 0.425. The van der Waals surface area contributed by atoms with Gasteiger partial charge < -0.3 is 14.8 Å². The second-order valence-electron chi connectivity index (χ2n) is 6.45. The molecule has 1 N–H and O–H groups in total. The van der Waals surface area contributed by atoms with Gasteiger partial charge in [-0.3, -0.25) is 29.4 Å². The highest BCUT2D eigenvalue weighted by molar-refractivity contribution is 6.01. The number of amides is 2. The van der Waals surface area contributed by atoms with Gasteiger partial charge in [-0.25, -0.2) is 0 Å². The van der Waals surface area contributed by atoms with E-state index in [1.165, 1.54) is 19.1 Å². The molecule has 0 unspecified atom stereocenters. The number of anilines is 1. The Hall–Kier alpha value is -3.17. The van der Waals surface area contributed by atoms with Crippen LogP contribution in [0.1, 0.15) is 20.8 Å². The molecule has 0 bridgehead atoms. The zero-order chi connectivity index (χ0) is 20.1. The summed E-state index contributed by atoms with van der Waals surface area (Å²) in [4.78, 5) is 47.6. The predicted octanol–water partition coefficient (Wildman–Crippen LogP) is 1.02. The maximum Gasteiger partial charge on any atom is 0.326 e. The number of carbonyl (C=O) groups excluding carboxylic acids is 3. The van der Waals surface area contributed by atoms with Crippen molar-refractivity contribution in [1.82, 2.24) is 5.32 Å². The maximum absolute atomic E-state index is 12.2. The second kappa shape index (κ2) is 8.47. The molecule has 0 radical (unpaired) electrons. The van der Waals surface area contributed by atoms with E-state index in [9.17, 15) is 24.5 Å². The monoisotopic (exact) mass is 379 g/mol. The van der Waals surface area contributed by atoms with Crippen LogP contribution in [0.2, 0.25) is 0 Å². The third-order valence-electron chi connectivity index (χ3n) is 3.75. The van der Waals surface area contributed by atoms with Crippen molar-refractivity contribution in [2.75, 3.05) is 24.6 Å². The van der Waals surface area contributed by atoms with Crippen LogP contribution in [-0.4, -0.2) is 48.5 Å². The van der Waals surface area contributed by atoms with E-state index in [2.05, 4.69) is 5.32 Å². The van der Waals surface area contributed by atoms with Crippen molar-refractivity contribution in [3.05, 3.63) is 28.3 Å². The van der Waals surface area contributed by atoms with E-state index in [0.29, 0.717) is 6.54 Å². The van der Waals surface area contributed by atoms with E-state index < -0.39 is 35.4 Å². The summed E-state index contributed by atoms with van der Waals surface area (Å²) in [5.74, 6) is -1.31. The van der Waals surface area contributed by atoms with E-state index in [4.69, 9.17) is 9.47 Å². The zero-order valence-electron chi connectivity index (χ0n) is 15.3. The van der Waals surface area contributed by atoms with Gasteiger partial charge in [0.2, 0.25) is 0 Å². The van der Waals surface area contributed by atoms with Gasteiger partial charge in [0.15, 0.2) is 12.7 Å². The van der Waals surface area contributed by atoms with Crippen LogP contribution in [-0.2, 0) is 19.1 Å². The van der Waals surface area contributed by atoms with Crippen molar-refractivity contribution in [2.24, 2.45) is 5.92 Å². The molecule has 0 fully saturated rings. The van der Waals surface area contributed by atoms with Gasteiger partial charge in [-0.05, 0) is 18.9 Å². The number of benzene rings is 1. The van der Waals surface area contributed by atoms with E-state index in [0.717, 1.165) is 11.0 Å². The number of hydrogen-bond acceptors (Lipinski definition) is 7. The van der Waals surface area contributed by atoms with E-state index in [1.807, 2.05) is 13.8 Å². The topological polar surface area (TPSA) is 128 Å². The minimum absolute atomic E-state index is 0.106. The minimum atomic E-state index is -1.03. The summed E-state index contributed by atoms with van der Waals surface area (Å²) in [6, 6.07) is 3.75. The van der Waals surface area contributed by atoms with Crippen LogP contribution in [0.5, 0.6) is 5.75 Å². The Bertz CT molecular complexity index is 763. The van der Waals surface area contributed by atoms with Crippen molar-refractivity contribution in [3.63, 3.8) is 0 Å². The number of nitro groups is 1. The van der Waals surface area contributed by atoms with Crippen LogP contribution in [0.15, 0.2) is 18.2 Å². The number of ether oxygens (including phenoxy) is 2. The SMILES string of the molecule is CC(C)CNC(=O)[C@H](C)OC(=O)CN1C(=O)COc2ccc([N+](=O)[O-])cc21. The lowest BCUT2D eigenvalue weighted by Gasteiger charge is -2.28. The summed E-state index contributed by atoms with van der Waals surface area (Å²) in [6.07, 6.45) is -1.03. The Morgan fingerprint density at radius 2 is 2.07 bits per heavy atom. The average molecular weight is 379 g/mol. The fourth-order valence-electron chi connectivity index (χ4n) is 2.34. The molecule has 2 rings (SSSR count). The third kappa shape index (κ3) is 5.16. The first-order chi connectivity index (χ1) is 12.7. The van der Waals surface area contributed by atoms with E-state index >= 15 is 0 Å². The number of carbonyl (C=O) groups is 3. The molecule has 27 heavy (non-hydrogen) atoms. The summed E-state index contributed by atoms with van der Waals surface area (Å²) in [6.45, 7) is 4.93. The smallest absolute Gasteiger partial charge is 0.326 e. The molecule has 146 valence electrons. The summed E-state index contributed by atoms with van der Waals surface area (Å²) >= 11 is 0. The van der Waals surface area contributed by atoms with Crippen LogP contribution in [0.3, 0.4) is 0 Å². The fourth-order valence-corrected chi connectivity index (χ4v) is 2.34. The van der Waals surface area contributed by atoms with Gasteiger partial charge >= 0.3 is 5.97 Å². The van der Waals surface area contributed by atoms with Crippen molar-refractivity contribution in [3.8, 4) is 5.75 Å². The first kappa shape index (κ1) is 20.1. The van der Waals surface area contributed by atoms with Crippen molar-refractivity contribution in [2.45, 2.75) is 26.9 Å². The number of nitrogens with zero attached hydrogens (tertiary/aromatic N) is 2. The number of esters is 1. The molecule has 1 aromatic rings. The van der Waals surface area contributed by atoms with E-state index in [1.54, 1.807) is 0 Å². The van der Waals surface area contributed by atoms with Crippen LogP contribution >= 0.6 is 0 Å². The van der Waals surface area contributed by atoms with Gasteiger partial charge in [-0.2, -0.15) is 0 Å². The Morgan fingerprint density at radius 3 is 2.70 bits per heavy atom. The molecule has 0 aromatic heterocycles.